The van der Waals surface area contributed by atoms with Gasteiger partial charge in [-0.1, -0.05) is 79.4 Å². The molecule has 4 nitrogen and oxygen atoms in total. The van der Waals surface area contributed by atoms with Gasteiger partial charge in [-0.05, 0) is 43.0 Å². The fourth-order valence-corrected chi connectivity index (χ4v) is 3.56. The highest BCUT2D eigenvalue weighted by Gasteiger charge is 2.28. The molecule has 1 atom stereocenters. The molecule has 1 unspecified atom stereocenters. The second kappa shape index (κ2) is 12.0. The van der Waals surface area contributed by atoms with Gasteiger partial charge in [0, 0.05) is 13.1 Å². The van der Waals surface area contributed by atoms with E-state index in [1.165, 1.54) is 0 Å². The number of nitrogens with one attached hydrogen (secondary N) is 1. The van der Waals surface area contributed by atoms with Crippen molar-refractivity contribution in [2.24, 2.45) is 0 Å². The summed E-state index contributed by atoms with van der Waals surface area (Å²) in [4.78, 5) is 27.8. The van der Waals surface area contributed by atoms with E-state index in [9.17, 15) is 9.59 Å². The van der Waals surface area contributed by atoms with Gasteiger partial charge in [0.1, 0.15) is 6.04 Å². The predicted molar refractivity (Wildman–Crippen MR) is 124 cm³/mol. The maximum absolute atomic E-state index is 13.3. The Labute approximate surface area is 189 Å². The van der Waals surface area contributed by atoms with Crippen molar-refractivity contribution in [1.82, 2.24) is 10.2 Å². The van der Waals surface area contributed by atoms with E-state index in [0.29, 0.717) is 29.6 Å². The van der Waals surface area contributed by atoms with Crippen LogP contribution in [0.3, 0.4) is 0 Å². The molecule has 0 fully saturated rings. The lowest BCUT2D eigenvalue weighted by Crippen LogP contribution is -2.49. The SMILES string of the molecule is CCCCNC(=O)C(CC)N(Cc1ccc(Cl)c(Cl)c1)C(=O)Cc1ccc(C)cc1. The summed E-state index contributed by atoms with van der Waals surface area (Å²) in [5.41, 5.74) is 2.90. The van der Waals surface area contributed by atoms with Gasteiger partial charge in [0.2, 0.25) is 11.8 Å². The molecule has 0 aliphatic heterocycles. The van der Waals surface area contributed by atoms with Crippen LogP contribution in [0, 0.1) is 6.92 Å². The van der Waals surface area contributed by atoms with Gasteiger partial charge in [0.05, 0.1) is 16.5 Å². The van der Waals surface area contributed by atoms with Crippen LogP contribution >= 0.6 is 23.2 Å². The lowest BCUT2D eigenvalue weighted by molar-refractivity contribution is -0.140. The first-order chi connectivity index (χ1) is 14.3. The average Bonchev–Trinajstić information content (AvgIpc) is 2.72. The van der Waals surface area contributed by atoms with E-state index >= 15 is 0 Å². The molecule has 0 aliphatic rings. The van der Waals surface area contributed by atoms with Crippen LogP contribution in [-0.2, 0) is 22.6 Å². The van der Waals surface area contributed by atoms with Crippen molar-refractivity contribution in [2.75, 3.05) is 6.54 Å². The Morgan fingerprint density at radius 3 is 2.27 bits per heavy atom. The molecule has 162 valence electrons. The Morgan fingerprint density at radius 1 is 1.00 bits per heavy atom. The fraction of sp³-hybridized carbons (Fsp3) is 0.417. The summed E-state index contributed by atoms with van der Waals surface area (Å²) >= 11 is 12.2. The molecule has 30 heavy (non-hydrogen) atoms. The van der Waals surface area contributed by atoms with Gasteiger partial charge in [-0.25, -0.2) is 0 Å². The third-order valence-corrected chi connectivity index (χ3v) is 5.77. The highest BCUT2D eigenvalue weighted by Crippen LogP contribution is 2.24. The van der Waals surface area contributed by atoms with E-state index in [-0.39, 0.29) is 18.2 Å². The Bertz CT molecular complexity index is 853. The zero-order valence-electron chi connectivity index (χ0n) is 17.9. The fourth-order valence-electron chi connectivity index (χ4n) is 3.24. The van der Waals surface area contributed by atoms with Gasteiger partial charge in [-0.15, -0.1) is 0 Å². The Kier molecular flexibility index (Phi) is 9.67. The lowest BCUT2D eigenvalue weighted by atomic mass is 10.1. The van der Waals surface area contributed by atoms with E-state index in [1.807, 2.05) is 44.2 Å². The number of hydrogen-bond donors (Lipinski definition) is 1. The monoisotopic (exact) mass is 448 g/mol. The third-order valence-electron chi connectivity index (χ3n) is 5.03. The molecule has 2 aromatic rings. The molecule has 1 N–H and O–H groups in total. The Hall–Kier alpha value is -2.04. The summed E-state index contributed by atoms with van der Waals surface area (Å²) in [6.45, 7) is 6.91. The highest BCUT2D eigenvalue weighted by molar-refractivity contribution is 6.42. The van der Waals surface area contributed by atoms with Gasteiger partial charge in [-0.3, -0.25) is 9.59 Å². The second-order valence-electron chi connectivity index (χ2n) is 7.50. The van der Waals surface area contributed by atoms with Crippen LogP contribution in [0.5, 0.6) is 0 Å². The van der Waals surface area contributed by atoms with Gasteiger partial charge in [0.15, 0.2) is 0 Å². The van der Waals surface area contributed by atoms with Gasteiger partial charge >= 0.3 is 0 Å². The summed E-state index contributed by atoms with van der Waals surface area (Å²) < 4.78 is 0. The van der Waals surface area contributed by atoms with E-state index in [2.05, 4.69) is 12.2 Å². The van der Waals surface area contributed by atoms with Gasteiger partial charge in [0.25, 0.3) is 0 Å². The van der Waals surface area contributed by atoms with E-state index in [0.717, 1.165) is 29.5 Å². The first-order valence-corrected chi connectivity index (χ1v) is 11.2. The smallest absolute Gasteiger partial charge is 0.242 e. The molecule has 0 spiro atoms. The van der Waals surface area contributed by atoms with Crippen molar-refractivity contribution in [3.05, 3.63) is 69.2 Å². The molecule has 2 rings (SSSR count). The van der Waals surface area contributed by atoms with Crippen molar-refractivity contribution in [3.8, 4) is 0 Å². The van der Waals surface area contributed by atoms with E-state index in [4.69, 9.17) is 23.2 Å². The molecule has 0 heterocycles. The standard InChI is InChI=1S/C24H30Cl2N2O2/c1-4-6-13-27-24(30)22(5-2)28(16-19-11-12-20(25)21(26)14-19)23(29)15-18-9-7-17(3)8-10-18/h7-12,14,22H,4-6,13,15-16H2,1-3H3,(H,27,30). The number of carbonyl (C=O) groups excluding carboxylic acids is 2. The first kappa shape index (κ1) is 24.2. The molecule has 0 aliphatic carbocycles. The minimum atomic E-state index is -0.547. The van der Waals surface area contributed by atoms with Gasteiger partial charge < -0.3 is 10.2 Å². The molecular formula is C24H30Cl2N2O2. The molecule has 0 aromatic heterocycles. The van der Waals surface area contributed by atoms with Crippen molar-refractivity contribution in [1.29, 1.82) is 0 Å². The number of hydrogen-bond acceptors (Lipinski definition) is 2. The number of halogens is 2. The molecule has 2 aromatic carbocycles. The number of unbranched alkanes of at least 4 members (excludes halogenated alkanes) is 1. The minimum Gasteiger partial charge on any atom is -0.354 e. The number of nitrogens with zero attached hydrogens (tertiary/aromatic N) is 1. The topological polar surface area (TPSA) is 49.4 Å². The van der Waals surface area contributed by atoms with Crippen molar-refractivity contribution in [2.45, 2.75) is 59.0 Å². The average molecular weight is 449 g/mol. The maximum atomic E-state index is 13.3. The minimum absolute atomic E-state index is 0.0950. The molecule has 0 saturated carbocycles. The van der Waals surface area contributed by atoms with Crippen LogP contribution < -0.4 is 5.32 Å². The number of rotatable bonds is 10. The third kappa shape index (κ3) is 7.03. The first-order valence-electron chi connectivity index (χ1n) is 10.4. The largest absolute Gasteiger partial charge is 0.354 e. The molecule has 0 saturated heterocycles. The summed E-state index contributed by atoms with van der Waals surface area (Å²) in [6.07, 6.45) is 2.67. The molecule has 0 radical (unpaired) electrons. The van der Waals surface area contributed by atoms with Crippen LogP contribution in [0.25, 0.3) is 0 Å². The summed E-state index contributed by atoms with van der Waals surface area (Å²) in [7, 11) is 0. The quantitative estimate of drug-likeness (QED) is 0.483. The maximum Gasteiger partial charge on any atom is 0.242 e. The Morgan fingerprint density at radius 2 is 1.67 bits per heavy atom. The Balaban J connectivity index is 2.26. The summed E-state index contributed by atoms with van der Waals surface area (Å²) in [5, 5.41) is 3.86. The van der Waals surface area contributed by atoms with Crippen LogP contribution in [0.1, 0.15) is 49.8 Å². The highest BCUT2D eigenvalue weighted by atomic mass is 35.5. The zero-order chi connectivity index (χ0) is 22.1. The summed E-state index contributed by atoms with van der Waals surface area (Å²) in [5.74, 6) is -0.217. The zero-order valence-corrected chi connectivity index (χ0v) is 19.4. The van der Waals surface area contributed by atoms with Gasteiger partial charge in [-0.2, -0.15) is 0 Å². The molecule has 6 heteroatoms. The van der Waals surface area contributed by atoms with E-state index < -0.39 is 6.04 Å². The van der Waals surface area contributed by atoms with Crippen LogP contribution in [0.2, 0.25) is 10.0 Å². The van der Waals surface area contributed by atoms with Crippen LogP contribution in [0.4, 0.5) is 0 Å². The van der Waals surface area contributed by atoms with E-state index in [1.54, 1.807) is 17.0 Å². The lowest BCUT2D eigenvalue weighted by Gasteiger charge is -2.31. The molecule has 2 amide bonds. The molecular weight excluding hydrogens is 419 g/mol. The number of amides is 2. The number of aryl methyl sites for hydroxylation is 1. The molecule has 0 bridgehead atoms. The number of benzene rings is 2. The normalized spacial score (nSPS) is 11.8. The predicted octanol–water partition coefficient (Wildman–Crippen LogP) is 5.57. The van der Waals surface area contributed by atoms with Crippen LogP contribution in [0.15, 0.2) is 42.5 Å². The van der Waals surface area contributed by atoms with Crippen molar-refractivity contribution in [3.63, 3.8) is 0 Å². The second-order valence-corrected chi connectivity index (χ2v) is 8.32. The van der Waals surface area contributed by atoms with Crippen molar-refractivity contribution < 1.29 is 9.59 Å². The van der Waals surface area contributed by atoms with Crippen LogP contribution in [-0.4, -0.2) is 29.3 Å². The number of carbonyl (C=O) groups is 2. The summed E-state index contributed by atoms with van der Waals surface area (Å²) in [6, 6.07) is 12.6. The van der Waals surface area contributed by atoms with Crippen molar-refractivity contribution >= 4 is 35.0 Å².